The maximum Gasteiger partial charge on any atom is 0.187 e. The molecule has 0 aromatic heterocycles. The predicted octanol–water partition coefficient (Wildman–Crippen LogP) is 13.3. The van der Waals surface area contributed by atoms with Gasteiger partial charge in [-0.05, 0) is 152 Å². The SMILES string of the molecule is [C-]#[N+]c1ccc(Oc2ccc(OOCc3ccc(OCCCCCC)cc3)c3c2CCC32CCc3c(Oc4ccc(C#N)cc4)ccc(Cc4ccc(OCC)cc4)c32)cc1. The van der Waals surface area contributed by atoms with Crippen molar-refractivity contribution in [3.63, 3.8) is 0 Å². The molecule has 308 valence electrons. The molecule has 2 aliphatic rings. The first-order valence-electron chi connectivity index (χ1n) is 21.4. The molecule has 0 bridgehead atoms. The summed E-state index contributed by atoms with van der Waals surface area (Å²) in [5.41, 5.74) is 8.66. The second-order valence-electron chi connectivity index (χ2n) is 15.7. The van der Waals surface area contributed by atoms with Gasteiger partial charge in [-0.25, -0.2) is 4.85 Å². The fourth-order valence-corrected chi connectivity index (χ4v) is 8.83. The number of unbranched alkanes of at least 4 members (excludes halogenated alkanes) is 3. The fraction of sp³-hybridized carbons (Fsp3) is 0.283. The average Bonchev–Trinajstić information content (AvgIpc) is 3.89. The molecule has 8 heteroatoms. The number of ether oxygens (including phenoxy) is 4. The van der Waals surface area contributed by atoms with Crippen molar-refractivity contribution in [1.29, 1.82) is 5.26 Å². The Morgan fingerprint density at radius 1 is 0.623 bits per heavy atom. The number of hydrogen-bond donors (Lipinski definition) is 0. The number of benzene rings is 6. The standard InChI is InChI=1S/C53H50N2O6/c1-4-6-7-8-33-57-43-20-13-39(14-21-43)36-58-61-50-28-27-49(60-45-24-16-41(55-3)17-25-45)47-30-32-53(52(47)50)31-29-46-48(59-44-22-11-38(35-54)12-23-44)26-15-40(51(46)53)34-37-9-18-42(19-10-37)56-5-2/h9-28H,4-8,29-34,36H2,1-2H3. The highest BCUT2D eigenvalue weighted by molar-refractivity contribution is 5.67. The second-order valence-corrected chi connectivity index (χ2v) is 15.7. The second kappa shape index (κ2) is 19.1. The molecule has 0 N–H and O–H groups in total. The number of nitriles is 1. The zero-order valence-corrected chi connectivity index (χ0v) is 34.9. The van der Waals surface area contributed by atoms with Crippen molar-refractivity contribution in [3.05, 3.63) is 177 Å². The summed E-state index contributed by atoms with van der Waals surface area (Å²) < 4.78 is 25.0. The molecule has 0 saturated carbocycles. The monoisotopic (exact) mass is 810 g/mol. The van der Waals surface area contributed by atoms with Crippen LogP contribution in [0.15, 0.2) is 121 Å². The number of fused-ring (bicyclic) bond motifs is 4. The number of nitrogens with zero attached hydrogens (tertiary/aromatic N) is 2. The third-order valence-corrected chi connectivity index (χ3v) is 11.7. The van der Waals surface area contributed by atoms with Gasteiger partial charge in [0.15, 0.2) is 11.4 Å². The Bertz CT molecular complexity index is 2520. The molecule has 1 unspecified atom stereocenters. The lowest BCUT2D eigenvalue weighted by Gasteiger charge is -2.31. The minimum atomic E-state index is -0.419. The van der Waals surface area contributed by atoms with E-state index in [1.165, 1.54) is 41.5 Å². The van der Waals surface area contributed by atoms with E-state index in [0.29, 0.717) is 41.7 Å². The first-order valence-corrected chi connectivity index (χ1v) is 21.4. The van der Waals surface area contributed by atoms with Crippen LogP contribution in [0.4, 0.5) is 5.69 Å². The van der Waals surface area contributed by atoms with Gasteiger partial charge in [0.1, 0.15) is 41.1 Å². The van der Waals surface area contributed by atoms with Gasteiger partial charge < -0.3 is 23.8 Å². The summed E-state index contributed by atoms with van der Waals surface area (Å²) in [4.78, 5) is 16.0. The van der Waals surface area contributed by atoms with Crippen molar-refractivity contribution < 1.29 is 28.7 Å². The van der Waals surface area contributed by atoms with Crippen LogP contribution in [0.1, 0.15) is 96.9 Å². The van der Waals surface area contributed by atoms with Gasteiger partial charge >= 0.3 is 0 Å². The predicted molar refractivity (Wildman–Crippen MR) is 236 cm³/mol. The molecule has 1 spiro atoms. The van der Waals surface area contributed by atoms with Crippen molar-refractivity contribution in [2.45, 2.75) is 83.7 Å². The van der Waals surface area contributed by atoms with Crippen LogP contribution >= 0.6 is 0 Å². The van der Waals surface area contributed by atoms with Crippen molar-refractivity contribution in [2.24, 2.45) is 0 Å². The van der Waals surface area contributed by atoms with Gasteiger partial charge in [-0.15, -0.1) is 0 Å². The topological polar surface area (TPSA) is 83.5 Å². The summed E-state index contributed by atoms with van der Waals surface area (Å²) in [7, 11) is 0. The van der Waals surface area contributed by atoms with Gasteiger partial charge in [-0.2, -0.15) is 10.1 Å². The van der Waals surface area contributed by atoms with Crippen LogP contribution < -0.4 is 23.8 Å². The van der Waals surface area contributed by atoms with Crippen LogP contribution in [0.25, 0.3) is 4.85 Å². The summed E-state index contributed by atoms with van der Waals surface area (Å²) in [5, 5.41) is 9.41. The van der Waals surface area contributed by atoms with E-state index in [2.05, 4.69) is 42.1 Å². The molecule has 0 radical (unpaired) electrons. The third-order valence-electron chi connectivity index (χ3n) is 11.7. The molecule has 8 rings (SSSR count). The highest BCUT2D eigenvalue weighted by Crippen LogP contribution is 2.60. The Kier molecular flexibility index (Phi) is 12.8. The summed E-state index contributed by atoms with van der Waals surface area (Å²) in [6.45, 7) is 13.2. The van der Waals surface area contributed by atoms with Crippen molar-refractivity contribution in [2.75, 3.05) is 13.2 Å². The molecule has 2 aliphatic carbocycles. The lowest BCUT2D eigenvalue weighted by Crippen LogP contribution is -2.24. The van der Waals surface area contributed by atoms with Crippen LogP contribution in [0.2, 0.25) is 0 Å². The lowest BCUT2D eigenvalue weighted by atomic mass is 9.73. The highest BCUT2D eigenvalue weighted by atomic mass is 17.2. The first kappa shape index (κ1) is 41.0. The highest BCUT2D eigenvalue weighted by Gasteiger charge is 2.50. The summed E-state index contributed by atoms with van der Waals surface area (Å²) in [6, 6.07) is 41.3. The van der Waals surface area contributed by atoms with Crippen LogP contribution in [-0.2, 0) is 36.2 Å². The van der Waals surface area contributed by atoms with Gasteiger partial charge in [0, 0.05) is 16.5 Å². The fourth-order valence-electron chi connectivity index (χ4n) is 8.83. The molecule has 0 aliphatic heterocycles. The van der Waals surface area contributed by atoms with E-state index >= 15 is 0 Å². The van der Waals surface area contributed by atoms with E-state index in [-0.39, 0.29) is 6.61 Å². The normalized spacial score (nSPS) is 14.8. The van der Waals surface area contributed by atoms with Crippen LogP contribution in [0.3, 0.4) is 0 Å². The van der Waals surface area contributed by atoms with Crippen molar-refractivity contribution in [3.8, 4) is 46.3 Å². The van der Waals surface area contributed by atoms with Crippen LogP contribution in [0.5, 0.6) is 40.2 Å². The van der Waals surface area contributed by atoms with Gasteiger partial charge in [0.25, 0.3) is 0 Å². The molecule has 6 aromatic carbocycles. The van der Waals surface area contributed by atoms with E-state index < -0.39 is 5.41 Å². The molecule has 0 saturated heterocycles. The largest absolute Gasteiger partial charge is 0.494 e. The van der Waals surface area contributed by atoms with Gasteiger partial charge in [-0.3, -0.25) is 0 Å². The maximum atomic E-state index is 9.41. The van der Waals surface area contributed by atoms with Gasteiger partial charge in [-0.1, -0.05) is 68.7 Å². The molecule has 6 aromatic rings. The zero-order valence-electron chi connectivity index (χ0n) is 34.9. The van der Waals surface area contributed by atoms with E-state index in [4.69, 9.17) is 35.3 Å². The molecule has 0 amide bonds. The third kappa shape index (κ3) is 9.21. The summed E-state index contributed by atoms with van der Waals surface area (Å²) in [6.07, 6.45) is 8.64. The molecule has 8 nitrogen and oxygen atoms in total. The smallest absolute Gasteiger partial charge is 0.187 e. The van der Waals surface area contributed by atoms with Gasteiger partial charge in [0.05, 0.1) is 31.4 Å². The number of rotatable bonds is 18. The Morgan fingerprint density at radius 2 is 1.21 bits per heavy atom. The van der Waals surface area contributed by atoms with E-state index in [1.54, 1.807) is 24.3 Å². The summed E-state index contributed by atoms with van der Waals surface area (Å²) >= 11 is 0. The molecule has 0 heterocycles. The summed E-state index contributed by atoms with van der Waals surface area (Å²) in [5.74, 6) is 5.26. The molecule has 0 fully saturated rings. The average molecular weight is 811 g/mol. The minimum absolute atomic E-state index is 0.256. The zero-order chi connectivity index (χ0) is 42.0. The van der Waals surface area contributed by atoms with E-state index in [9.17, 15) is 5.26 Å². The molecular weight excluding hydrogens is 761 g/mol. The van der Waals surface area contributed by atoms with Crippen LogP contribution in [0, 0.1) is 17.9 Å². The Labute approximate surface area is 359 Å². The molecule has 61 heavy (non-hydrogen) atoms. The van der Waals surface area contributed by atoms with E-state index in [0.717, 1.165) is 78.2 Å². The first-order chi connectivity index (χ1) is 30.0. The van der Waals surface area contributed by atoms with E-state index in [1.807, 2.05) is 79.7 Å². The maximum absolute atomic E-state index is 9.41. The molecular formula is C53H50N2O6. The number of hydrogen-bond acceptors (Lipinski definition) is 7. The van der Waals surface area contributed by atoms with Gasteiger partial charge in [0.2, 0.25) is 0 Å². The lowest BCUT2D eigenvalue weighted by molar-refractivity contribution is -0.218. The Balaban J connectivity index is 1.15. The Hall–Kier alpha value is -6.74. The van der Waals surface area contributed by atoms with Crippen LogP contribution in [-0.4, -0.2) is 13.2 Å². The van der Waals surface area contributed by atoms with Crippen molar-refractivity contribution >= 4 is 5.69 Å². The van der Waals surface area contributed by atoms with Crippen molar-refractivity contribution in [1.82, 2.24) is 0 Å². The Morgan fingerprint density at radius 3 is 1.85 bits per heavy atom. The molecule has 1 atom stereocenters. The minimum Gasteiger partial charge on any atom is -0.494 e. The quantitative estimate of drug-likeness (QED) is 0.0370.